The van der Waals surface area contributed by atoms with Gasteiger partial charge in [0.1, 0.15) is 12.4 Å². The fourth-order valence-electron chi connectivity index (χ4n) is 3.18. The summed E-state index contributed by atoms with van der Waals surface area (Å²) in [6, 6.07) is 9.96. The van der Waals surface area contributed by atoms with E-state index in [1.54, 1.807) is 0 Å². The second kappa shape index (κ2) is 5.98. The van der Waals surface area contributed by atoms with Gasteiger partial charge in [0.15, 0.2) is 0 Å². The van der Waals surface area contributed by atoms with Gasteiger partial charge in [0, 0.05) is 22.6 Å². The number of benzene rings is 1. The standard InChI is InChI=1S/C18H19NO3S/c1-11(14-7-4-8-21-14)19-18(20)16-9-12-10-22-15-6-3-2-5-13(15)17(12)23-16/h2-3,5-6,9,11,14H,4,7-8,10H2,1H3,(H,19,20). The maximum Gasteiger partial charge on any atom is 0.261 e. The van der Waals surface area contributed by atoms with Crippen LogP contribution >= 0.6 is 11.3 Å². The Morgan fingerprint density at radius 3 is 3.09 bits per heavy atom. The molecule has 2 aliphatic rings. The van der Waals surface area contributed by atoms with Gasteiger partial charge in [-0.3, -0.25) is 4.79 Å². The minimum absolute atomic E-state index is 0.0233. The van der Waals surface area contributed by atoms with E-state index in [1.807, 2.05) is 37.3 Å². The second-order valence-corrected chi connectivity index (χ2v) is 7.12. The van der Waals surface area contributed by atoms with Crippen molar-refractivity contribution in [2.45, 2.75) is 38.5 Å². The zero-order chi connectivity index (χ0) is 15.8. The minimum atomic E-state index is -0.0233. The van der Waals surface area contributed by atoms with Crippen molar-refractivity contribution in [1.82, 2.24) is 5.32 Å². The Kier molecular flexibility index (Phi) is 3.83. The number of carbonyl (C=O) groups excluding carboxylic acids is 1. The van der Waals surface area contributed by atoms with E-state index in [-0.39, 0.29) is 18.1 Å². The van der Waals surface area contributed by atoms with Gasteiger partial charge in [-0.05, 0) is 38.0 Å². The molecule has 4 rings (SSSR count). The lowest BCUT2D eigenvalue weighted by molar-refractivity contribution is 0.0714. The van der Waals surface area contributed by atoms with Crippen LogP contribution in [0.2, 0.25) is 0 Å². The average molecular weight is 329 g/mol. The lowest BCUT2D eigenvalue weighted by atomic mass is 10.1. The van der Waals surface area contributed by atoms with Gasteiger partial charge in [0.2, 0.25) is 0 Å². The van der Waals surface area contributed by atoms with Gasteiger partial charge in [-0.2, -0.15) is 0 Å². The van der Waals surface area contributed by atoms with Crippen molar-refractivity contribution < 1.29 is 14.3 Å². The number of fused-ring (bicyclic) bond motifs is 3. The first-order valence-electron chi connectivity index (χ1n) is 8.00. The predicted molar refractivity (Wildman–Crippen MR) is 90.0 cm³/mol. The van der Waals surface area contributed by atoms with Gasteiger partial charge in [-0.1, -0.05) is 12.1 Å². The van der Waals surface area contributed by atoms with Crippen molar-refractivity contribution in [3.63, 3.8) is 0 Å². The number of hydrogen-bond donors (Lipinski definition) is 1. The summed E-state index contributed by atoms with van der Waals surface area (Å²) >= 11 is 1.54. The lowest BCUT2D eigenvalue weighted by Crippen LogP contribution is -2.40. The molecule has 2 atom stereocenters. The molecule has 2 aliphatic heterocycles. The molecule has 5 heteroatoms. The van der Waals surface area contributed by atoms with E-state index in [4.69, 9.17) is 9.47 Å². The molecule has 0 saturated carbocycles. The fraction of sp³-hybridized carbons (Fsp3) is 0.389. The van der Waals surface area contributed by atoms with Gasteiger partial charge >= 0.3 is 0 Å². The number of para-hydroxylation sites is 1. The molecule has 1 fully saturated rings. The smallest absolute Gasteiger partial charge is 0.261 e. The third-order valence-electron chi connectivity index (χ3n) is 4.43. The quantitative estimate of drug-likeness (QED) is 0.936. The van der Waals surface area contributed by atoms with Crippen LogP contribution < -0.4 is 10.1 Å². The van der Waals surface area contributed by atoms with Crippen LogP contribution in [0, 0.1) is 0 Å². The van der Waals surface area contributed by atoms with E-state index >= 15 is 0 Å². The van der Waals surface area contributed by atoms with Crippen LogP contribution in [0.5, 0.6) is 5.75 Å². The Balaban J connectivity index is 1.55. The molecular formula is C18H19NO3S. The summed E-state index contributed by atoms with van der Waals surface area (Å²) in [7, 11) is 0. The molecule has 2 unspecified atom stereocenters. The first-order valence-corrected chi connectivity index (χ1v) is 8.81. The largest absolute Gasteiger partial charge is 0.488 e. The Labute approximate surface area is 139 Å². The first kappa shape index (κ1) is 14.7. The van der Waals surface area contributed by atoms with Crippen molar-refractivity contribution in [3.8, 4) is 16.2 Å². The number of thiophene rings is 1. The third kappa shape index (κ3) is 2.75. The van der Waals surface area contributed by atoms with Gasteiger partial charge in [0.05, 0.1) is 17.0 Å². The highest BCUT2D eigenvalue weighted by molar-refractivity contribution is 7.17. The van der Waals surface area contributed by atoms with Crippen molar-refractivity contribution in [2.75, 3.05) is 6.61 Å². The van der Waals surface area contributed by atoms with Crippen LogP contribution in [0.4, 0.5) is 0 Å². The molecule has 0 aliphatic carbocycles. The Hall–Kier alpha value is -1.85. The molecule has 0 bridgehead atoms. The first-order chi connectivity index (χ1) is 11.2. The summed E-state index contributed by atoms with van der Waals surface area (Å²) in [6.07, 6.45) is 2.23. The van der Waals surface area contributed by atoms with Gasteiger partial charge in [-0.15, -0.1) is 11.3 Å². The summed E-state index contributed by atoms with van der Waals surface area (Å²) in [5, 5.41) is 3.08. The molecule has 0 radical (unpaired) electrons. The maximum atomic E-state index is 12.5. The topological polar surface area (TPSA) is 47.6 Å². The van der Waals surface area contributed by atoms with Gasteiger partial charge < -0.3 is 14.8 Å². The number of nitrogens with one attached hydrogen (secondary N) is 1. The Bertz CT molecular complexity index is 734. The Morgan fingerprint density at radius 2 is 2.26 bits per heavy atom. The molecule has 1 aromatic heterocycles. The molecule has 1 amide bonds. The van der Waals surface area contributed by atoms with Crippen LogP contribution in [0.25, 0.3) is 10.4 Å². The monoisotopic (exact) mass is 329 g/mol. The van der Waals surface area contributed by atoms with Crippen molar-refractivity contribution in [1.29, 1.82) is 0 Å². The molecule has 1 saturated heterocycles. The van der Waals surface area contributed by atoms with Crippen molar-refractivity contribution in [3.05, 3.63) is 40.8 Å². The SMILES string of the molecule is CC(NC(=O)c1cc2c(s1)-c1ccccc1OC2)C1CCCO1. The van der Waals surface area contributed by atoms with E-state index in [1.165, 1.54) is 11.3 Å². The number of hydrogen-bond acceptors (Lipinski definition) is 4. The number of carbonyl (C=O) groups is 1. The molecule has 0 spiro atoms. The maximum absolute atomic E-state index is 12.5. The number of amides is 1. The average Bonchev–Trinajstić information content (AvgIpc) is 3.24. The van der Waals surface area contributed by atoms with E-state index in [0.29, 0.717) is 6.61 Å². The number of ether oxygens (including phenoxy) is 2. The summed E-state index contributed by atoms with van der Waals surface area (Å²) in [4.78, 5) is 14.4. The highest BCUT2D eigenvalue weighted by Gasteiger charge is 2.26. The molecular weight excluding hydrogens is 310 g/mol. The highest BCUT2D eigenvalue weighted by atomic mass is 32.1. The van der Waals surface area contributed by atoms with Crippen LogP contribution in [-0.4, -0.2) is 24.7 Å². The van der Waals surface area contributed by atoms with Gasteiger partial charge in [0.25, 0.3) is 5.91 Å². The van der Waals surface area contributed by atoms with E-state index in [0.717, 1.165) is 46.1 Å². The summed E-state index contributed by atoms with van der Waals surface area (Å²) in [6.45, 7) is 3.34. The van der Waals surface area contributed by atoms with Crippen LogP contribution in [-0.2, 0) is 11.3 Å². The molecule has 4 nitrogen and oxygen atoms in total. The minimum Gasteiger partial charge on any atom is -0.488 e. The van der Waals surface area contributed by atoms with Crippen LogP contribution in [0.1, 0.15) is 35.0 Å². The fourth-order valence-corrected chi connectivity index (χ4v) is 4.28. The summed E-state index contributed by atoms with van der Waals surface area (Å²) in [5.74, 6) is 0.867. The third-order valence-corrected chi connectivity index (χ3v) is 5.64. The van der Waals surface area contributed by atoms with E-state index < -0.39 is 0 Å². The zero-order valence-electron chi connectivity index (χ0n) is 13.0. The normalized spacial score (nSPS) is 20.3. The molecule has 3 heterocycles. The molecule has 1 N–H and O–H groups in total. The number of rotatable bonds is 3. The van der Waals surface area contributed by atoms with Crippen molar-refractivity contribution >= 4 is 17.2 Å². The van der Waals surface area contributed by atoms with Crippen molar-refractivity contribution in [2.24, 2.45) is 0 Å². The lowest BCUT2D eigenvalue weighted by Gasteiger charge is -2.19. The van der Waals surface area contributed by atoms with Crippen LogP contribution in [0.15, 0.2) is 30.3 Å². The van der Waals surface area contributed by atoms with E-state index in [9.17, 15) is 4.79 Å². The van der Waals surface area contributed by atoms with Crippen LogP contribution in [0.3, 0.4) is 0 Å². The summed E-state index contributed by atoms with van der Waals surface area (Å²) < 4.78 is 11.4. The van der Waals surface area contributed by atoms with E-state index in [2.05, 4.69) is 5.32 Å². The Morgan fingerprint density at radius 1 is 1.39 bits per heavy atom. The highest BCUT2D eigenvalue weighted by Crippen LogP contribution is 2.42. The zero-order valence-corrected chi connectivity index (χ0v) is 13.8. The molecule has 23 heavy (non-hydrogen) atoms. The molecule has 1 aromatic carbocycles. The van der Waals surface area contributed by atoms with Gasteiger partial charge in [-0.25, -0.2) is 0 Å². The molecule has 120 valence electrons. The second-order valence-electron chi connectivity index (χ2n) is 6.06. The summed E-state index contributed by atoms with van der Waals surface area (Å²) in [5.41, 5.74) is 2.16. The predicted octanol–water partition coefficient (Wildman–Crippen LogP) is 3.60. The molecule has 2 aromatic rings.